The molecule has 96 valence electrons. The molecule has 3 heteroatoms. The highest BCUT2D eigenvalue weighted by Crippen LogP contribution is 2.17. The molecular weight excluding hydrogens is 214 g/mol. The van der Waals surface area contributed by atoms with Crippen molar-refractivity contribution in [1.29, 1.82) is 0 Å². The maximum atomic E-state index is 9.21. The Morgan fingerprint density at radius 2 is 1.94 bits per heavy atom. The second kappa shape index (κ2) is 7.30. The monoisotopic (exact) mass is 237 g/mol. The fraction of sp³-hybridized carbons (Fsp3) is 0.571. The van der Waals surface area contributed by atoms with Gasteiger partial charge in [0, 0.05) is 12.1 Å². The van der Waals surface area contributed by atoms with Crippen molar-refractivity contribution in [3.05, 3.63) is 29.8 Å². The van der Waals surface area contributed by atoms with E-state index in [0.29, 0.717) is 12.5 Å². The normalized spacial score (nSPS) is 12.8. The van der Waals surface area contributed by atoms with Gasteiger partial charge >= 0.3 is 0 Å². The first kappa shape index (κ1) is 14.0. The highest BCUT2D eigenvalue weighted by molar-refractivity contribution is 5.33. The Bertz CT molecular complexity index is 324. The molecule has 0 radical (unpaired) electrons. The molecule has 0 heterocycles. The summed E-state index contributed by atoms with van der Waals surface area (Å²) in [7, 11) is 0. The molecule has 0 aliphatic heterocycles. The van der Waals surface area contributed by atoms with Gasteiger partial charge in [0.05, 0.1) is 6.10 Å². The number of para-hydroxylation sites is 1. The van der Waals surface area contributed by atoms with Gasteiger partial charge in [-0.3, -0.25) is 0 Å². The van der Waals surface area contributed by atoms with Gasteiger partial charge < -0.3 is 15.2 Å². The van der Waals surface area contributed by atoms with Gasteiger partial charge in [0.25, 0.3) is 0 Å². The van der Waals surface area contributed by atoms with E-state index in [4.69, 9.17) is 4.74 Å². The largest absolute Gasteiger partial charge is 0.491 e. The maximum absolute atomic E-state index is 9.21. The van der Waals surface area contributed by atoms with Crippen LogP contribution in [0.25, 0.3) is 0 Å². The zero-order valence-corrected chi connectivity index (χ0v) is 10.9. The Balaban J connectivity index is 2.51. The number of ether oxygens (including phenoxy) is 1. The zero-order valence-electron chi connectivity index (χ0n) is 10.9. The van der Waals surface area contributed by atoms with E-state index < -0.39 is 6.10 Å². The molecule has 0 aliphatic carbocycles. The molecule has 0 saturated carbocycles. The van der Waals surface area contributed by atoms with Crippen LogP contribution in [0.4, 0.5) is 0 Å². The molecule has 1 unspecified atom stereocenters. The van der Waals surface area contributed by atoms with Crippen molar-refractivity contribution in [3.8, 4) is 5.75 Å². The lowest BCUT2D eigenvalue weighted by molar-refractivity contribution is 0.122. The van der Waals surface area contributed by atoms with E-state index in [9.17, 15) is 5.11 Å². The van der Waals surface area contributed by atoms with E-state index in [1.807, 2.05) is 24.3 Å². The van der Waals surface area contributed by atoms with Crippen LogP contribution in [0.1, 0.15) is 26.3 Å². The highest BCUT2D eigenvalue weighted by Gasteiger charge is 2.04. The number of hydrogen-bond acceptors (Lipinski definition) is 3. The van der Waals surface area contributed by atoms with Crippen LogP contribution in [0.5, 0.6) is 5.75 Å². The second-order valence-corrected chi connectivity index (χ2v) is 4.79. The highest BCUT2D eigenvalue weighted by atomic mass is 16.5. The fourth-order valence-electron chi connectivity index (χ4n) is 1.50. The lowest BCUT2D eigenvalue weighted by atomic mass is 10.2. The summed E-state index contributed by atoms with van der Waals surface area (Å²) in [4.78, 5) is 0. The third-order valence-electron chi connectivity index (χ3n) is 2.32. The van der Waals surface area contributed by atoms with Crippen LogP contribution in [0.2, 0.25) is 0 Å². The van der Waals surface area contributed by atoms with E-state index in [-0.39, 0.29) is 0 Å². The van der Waals surface area contributed by atoms with Crippen LogP contribution < -0.4 is 10.1 Å². The molecule has 0 saturated heterocycles. The Labute approximate surface area is 104 Å². The molecule has 2 N–H and O–H groups in total. The van der Waals surface area contributed by atoms with Gasteiger partial charge in [-0.2, -0.15) is 0 Å². The fourth-order valence-corrected chi connectivity index (χ4v) is 1.50. The molecule has 0 bridgehead atoms. The Morgan fingerprint density at radius 1 is 1.24 bits per heavy atom. The van der Waals surface area contributed by atoms with Gasteiger partial charge in [-0.1, -0.05) is 32.0 Å². The average Bonchev–Trinajstić information content (AvgIpc) is 2.27. The van der Waals surface area contributed by atoms with Crippen molar-refractivity contribution >= 4 is 0 Å². The third-order valence-corrected chi connectivity index (χ3v) is 2.32. The summed E-state index contributed by atoms with van der Waals surface area (Å²) in [6, 6.07) is 7.93. The summed E-state index contributed by atoms with van der Waals surface area (Å²) in [5.74, 6) is 1.49. The molecule has 0 aromatic heterocycles. The predicted octanol–water partition coefficient (Wildman–Crippen LogP) is 2.19. The molecule has 1 atom stereocenters. The Hall–Kier alpha value is -1.06. The van der Waals surface area contributed by atoms with E-state index in [0.717, 1.165) is 24.4 Å². The van der Waals surface area contributed by atoms with E-state index in [1.165, 1.54) is 0 Å². The van der Waals surface area contributed by atoms with Crippen LogP contribution in [-0.4, -0.2) is 24.4 Å². The molecule has 1 aromatic rings. The molecule has 1 rings (SSSR count). The summed E-state index contributed by atoms with van der Waals surface area (Å²) in [5.41, 5.74) is 1.13. The smallest absolute Gasteiger partial charge is 0.123 e. The number of rotatable bonds is 7. The standard InChI is InChI=1S/C14H23NO2/c1-11(2)8-15-9-13-6-4-5-7-14(13)17-10-12(3)16/h4-7,11-12,15-16H,8-10H2,1-3H3. The summed E-state index contributed by atoms with van der Waals surface area (Å²) in [6.45, 7) is 8.21. The van der Waals surface area contributed by atoms with Gasteiger partial charge in [-0.25, -0.2) is 0 Å². The quantitative estimate of drug-likeness (QED) is 0.764. The first-order valence-electron chi connectivity index (χ1n) is 6.19. The number of aliphatic hydroxyl groups is 1. The zero-order chi connectivity index (χ0) is 12.7. The Kier molecular flexibility index (Phi) is 6.01. The number of hydrogen-bond donors (Lipinski definition) is 2. The summed E-state index contributed by atoms with van der Waals surface area (Å²) < 4.78 is 5.57. The molecule has 17 heavy (non-hydrogen) atoms. The lowest BCUT2D eigenvalue weighted by Crippen LogP contribution is -2.20. The van der Waals surface area contributed by atoms with Crippen LogP contribution in [-0.2, 0) is 6.54 Å². The van der Waals surface area contributed by atoms with Gasteiger partial charge in [0.15, 0.2) is 0 Å². The molecule has 3 nitrogen and oxygen atoms in total. The topological polar surface area (TPSA) is 41.5 Å². The summed E-state index contributed by atoms with van der Waals surface area (Å²) >= 11 is 0. The number of nitrogens with one attached hydrogen (secondary N) is 1. The molecular formula is C14H23NO2. The maximum Gasteiger partial charge on any atom is 0.123 e. The first-order valence-corrected chi connectivity index (χ1v) is 6.19. The van der Waals surface area contributed by atoms with Gasteiger partial charge in [0.1, 0.15) is 12.4 Å². The second-order valence-electron chi connectivity index (χ2n) is 4.79. The molecule has 0 spiro atoms. The van der Waals surface area contributed by atoms with E-state index in [1.54, 1.807) is 6.92 Å². The average molecular weight is 237 g/mol. The minimum atomic E-state index is -0.438. The van der Waals surface area contributed by atoms with E-state index >= 15 is 0 Å². The summed E-state index contributed by atoms with van der Waals surface area (Å²) in [5, 5.41) is 12.6. The van der Waals surface area contributed by atoms with E-state index in [2.05, 4.69) is 19.2 Å². The molecule has 0 aliphatic rings. The van der Waals surface area contributed by atoms with Crippen molar-refractivity contribution < 1.29 is 9.84 Å². The van der Waals surface area contributed by atoms with Crippen molar-refractivity contribution in [3.63, 3.8) is 0 Å². The van der Waals surface area contributed by atoms with Crippen LogP contribution in [0.3, 0.4) is 0 Å². The molecule has 0 fully saturated rings. The number of benzene rings is 1. The van der Waals surface area contributed by atoms with Gasteiger partial charge in [-0.05, 0) is 25.5 Å². The minimum absolute atomic E-state index is 0.335. The van der Waals surface area contributed by atoms with Crippen LogP contribution in [0.15, 0.2) is 24.3 Å². The van der Waals surface area contributed by atoms with Crippen LogP contribution in [0, 0.1) is 5.92 Å². The minimum Gasteiger partial charge on any atom is -0.491 e. The lowest BCUT2D eigenvalue weighted by Gasteiger charge is -2.14. The van der Waals surface area contributed by atoms with Crippen molar-refractivity contribution in [2.24, 2.45) is 5.92 Å². The summed E-state index contributed by atoms with van der Waals surface area (Å²) in [6.07, 6.45) is -0.438. The van der Waals surface area contributed by atoms with Gasteiger partial charge in [-0.15, -0.1) is 0 Å². The SMILES string of the molecule is CC(C)CNCc1ccccc1OCC(C)O. The van der Waals surface area contributed by atoms with Crippen molar-refractivity contribution in [1.82, 2.24) is 5.32 Å². The van der Waals surface area contributed by atoms with Crippen molar-refractivity contribution in [2.45, 2.75) is 33.4 Å². The molecule has 1 aromatic carbocycles. The molecule has 0 amide bonds. The van der Waals surface area contributed by atoms with Gasteiger partial charge in [0.2, 0.25) is 0 Å². The third kappa shape index (κ3) is 5.71. The number of aliphatic hydroxyl groups excluding tert-OH is 1. The van der Waals surface area contributed by atoms with Crippen LogP contribution >= 0.6 is 0 Å². The van der Waals surface area contributed by atoms with Crippen molar-refractivity contribution in [2.75, 3.05) is 13.2 Å². The predicted molar refractivity (Wildman–Crippen MR) is 70.2 cm³/mol. The first-order chi connectivity index (χ1) is 8.09. The Morgan fingerprint density at radius 3 is 2.59 bits per heavy atom.